The number of Topliss-reactive ketones (excluding diaryl/α,β-unsaturated/α-hetero) is 1. The zero-order chi connectivity index (χ0) is 22.8. The van der Waals surface area contributed by atoms with Crippen molar-refractivity contribution in [2.45, 2.75) is 25.3 Å². The molecule has 6 nitrogen and oxygen atoms in total. The first-order chi connectivity index (χ1) is 14.5. The number of aromatic nitrogens is 1. The van der Waals surface area contributed by atoms with Gasteiger partial charge in [0.15, 0.2) is 5.78 Å². The lowest BCUT2D eigenvalue weighted by atomic mass is 10.1. The molecule has 0 aliphatic heterocycles. The number of benzene rings is 1. The minimum atomic E-state index is -5.88. The van der Waals surface area contributed by atoms with Gasteiger partial charge < -0.3 is 4.18 Å². The van der Waals surface area contributed by atoms with Gasteiger partial charge in [0.2, 0.25) is 0 Å². The van der Waals surface area contributed by atoms with Crippen molar-refractivity contribution in [3.05, 3.63) is 81.1 Å². The molecule has 11 heteroatoms. The summed E-state index contributed by atoms with van der Waals surface area (Å²) in [6.07, 6.45) is 1.93. The monoisotopic (exact) mass is 471 g/mol. The van der Waals surface area contributed by atoms with Gasteiger partial charge >= 0.3 is 15.6 Å². The quantitative estimate of drug-likeness (QED) is 0.292. The molecule has 0 atom stereocenters. The largest absolute Gasteiger partial charge is 0.534 e. The van der Waals surface area contributed by atoms with Gasteiger partial charge in [0.25, 0.3) is 5.56 Å². The van der Waals surface area contributed by atoms with Gasteiger partial charge in [-0.1, -0.05) is 30.3 Å². The van der Waals surface area contributed by atoms with Gasteiger partial charge in [-0.2, -0.15) is 21.6 Å². The summed E-state index contributed by atoms with van der Waals surface area (Å²) in [7, 11) is -5.88. The summed E-state index contributed by atoms with van der Waals surface area (Å²) in [5.74, 6) is -0.854. The molecule has 1 aromatic carbocycles. The van der Waals surface area contributed by atoms with Crippen LogP contribution < -0.4 is 9.74 Å². The molecule has 2 heterocycles. The predicted molar refractivity (Wildman–Crippen MR) is 109 cm³/mol. The van der Waals surface area contributed by atoms with Crippen LogP contribution in [0.1, 0.15) is 27.2 Å². The highest BCUT2D eigenvalue weighted by Gasteiger charge is 2.48. The average molecular weight is 471 g/mol. The third kappa shape index (κ3) is 5.23. The van der Waals surface area contributed by atoms with Crippen molar-refractivity contribution in [1.29, 1.82) is 0 Å². The summed E-state index contributed by atoms with van der Waals surface area (Å²) < 4.78 is 64.5. The Morgan fingerprint density at radius 3 is 2.42 bits per heavy atom. The molecule has 164 valence electrons. The lowest BCUT2D eigenvalue weighted by Crippen LogP contribution is -2.28. The number of halogens is 3. The maximum absolute atomic E-state index is 12.6. The van der Waals surface area contributed by atoms with E-state index in [1.807, 2.05) is 30.3 Å². The minimum absolute atomic E-state index is 0.0955. The number of pyridine rings is 1. The molecule has 0 amide bonds. The summed E-state index contributed by atoms with van der Waals surface area (Å²) in [6.45, 7) is 1.72. The van der Waals surface area contributed by atoms with Crippen LogP contribution in [0.4, 0.5) is 13.2 Å². The van der Waals surface area contributed by atoms with Gasteiger partial charge in [0.05, 0.1) is 4.88 Å². The standard InChI is InChI=1S/C20H16F3NO5S2/c1-13-11-18(30-19(13)16(25)8-7-14-5-3-2-4-6-14)24-10-9-15(12-17(24)26)29-31(27,28)20(21,22)23/h2-6,9-12H,7-8H2,1H3. The van der Waals surface area contributed by atoms with Crippen LogP contribution in [-0.4, -0.2) is 24.3 Å². The van der Waals surface area contributed by atoms with Crippen LogP contribution >= 0.6 is 11.3 Å². The zero-order valence-electron chi connectivity index (χ0n) is 16.0. The summed E-state index contributed by atoms with van der Waals surface area (Å²) in [5.41, 5.74) is -4.74. The second kappa shape index (κ2) is 8.67. The van der Waals surface area contributed by atoms with Crippen molar-refractivity contribution < 1.29 is 30.6 Å². The lowest BCUT2D eigenvalue weighted by molar-refractivity contribution is -0.0500. The van der Waals surface area contributed by atoms with Crippen LogP contribution in [0.15, 0.2) is 59.5 Å². The number of hydrogen-bond acceptors (Lipinski definition) is 6. The highest BCUT2D eigenvalue weighted by Crippen LogP contribution is 2.28. The first-order valence-electron chi connectivity index (χ1n) is 8.89. The molecule has 31 heavy (non-hydrogen) atoms. The number of rotatable bonds is 7. The molecule has 0 aliphatic rings. The molecule has 0 spiro atoms. The van der Waals surface area contributed by atoms with Gasteiger partial charge in [-0.3, -0.25) is 14.2 Å². The van der Waals surface area contributed by atoms with Gasteiger partial charge in [-0.25, -0.2) is 0 Å². The molecule has 0 aliphatic carbocycles. The topological polar surface area (TPSA) is 82.4 Å². The number of carbonyl (C=O) groups excluding carboxylic acids is 1. The number of aryl methyl sites for hydroxylation is 2. The van der Waals surface area contributed by atoms with E-state index < -0.39 is 26.9 Å². The highest BCUT2D eigenvalue weighted by molar-refractivity contribution is 7.88. The fraction of sp³-hybridized carbons (Fsp3) is 0.200. The molecule has 0 unspecified atom stereocenters. The van der Waals surface area contributed by atoms with E-state index in [0.29, 0.717) is 27.9 Å². The second-order valence-electron chi connectivity index (χ2n) is 6.56. The summed E-state index contributed by atoms with van der Waals surface area (Å²) in [4.78, 5) is 25.4. The fourth-order valence-corrected chi connectivity index (χ4v) is 4.33. The maximum atomic E-state index is 12.6. The fourth-order valence-electron chi connectivity index (χ4n) is 2.75. The number of carbonyl (C=O) groups is 1. The van der Waals surface area contributed by atoms with Gasteiger partial charge in [-0.15, -0.1) is 11.3 Å². The van der Waals surface area contributed by atoms with Gasteiger partial charge in [0, 0.05) is 18.7 Å². The Labute approximate surface area is 179 Å². The predicted octanol–water partition coefficient (Wildman–Crippen LogP) is 4.25. The van der Waals surface area contributed by atoms with Crippen LogP contribution in [-0.2, 0) is 16.5 Å². The molecular formula is C20H16F3NO5S2. The third-order valence-electron chi connectivity index (χ3n) is 4.26. The van der Waals surface area contributed by atoms with Crippen molar-refractivity contribution >= 4 is 27.2 Å². The number of thiophene rings is 1. The van der Waals surface area contributed by atoms with Crippen molar-refractivity contribution in [1.82, 2.24) is 4.57 Å². The lowest BCUT2D eigenvalue weighted by Gasteiger charge is -2.09. The maximum Gasteiger partial charge on any atom is 0.534 e. The molecule has 3 aromatic rings. The van der Waals surface area contributed by atoms with Crippen LogP contribution in [0.2, 0.25) is 0 Å². The van der Waals surface area contributed by atoms with Crippen LogP contribution in [0.5, 0.6) is 5.75 Å². The van der Waals surface area contributed by atoms with E-state index in [-0.39, 0.29) is 12.2 Å². The number of nitrogens with zero attached hydrogens (tertiary/aromatic N) is 1. The molecule has 2 aromatic heterocycles. The van der Waals surface area contributed by atoms with E-state index in [4.69, 9.17) is 0 Å². The molecule has 0 radical (unpaired) electrons. The first-order valence-corrected chi connectivity index (χ1v) is 11.1. The first kappa shape index (κ1) is 22.8. The Kier molecular flexibility index (Phi) is 6.37. The zero-order valence-corrected chi connectivity index (χ0v) is 17.7. The smallest absolute Gasteiger partial charge is 0.376 e. The highest BCUT2D eigenvalue weighted by atomic mass is 32.2. The molecule has 0 saturated heterocycles. The van der Waals surface area contributed by atoms with Crippen molar-refractivity contribution in [2.24, 2.45) is 0 Å². The van der Waals surface area contributed by atoms with E-state index >= 15 is 0 Å². The van der Waals surface area contributed by atoms with Crippen LogP contribution in [0.25, 0.3) is 5.00 Å². The Hall–Kier alpha value is -2.92. The van der Waals surface area contributed by atoms with E-state index in [2.05, 4.69) is 4.18 Å². The molecule has 3 rings (SSSR count). The molecule has 0 fully saturated rings. The van der Waals surface area contributed by atoms with Crippen molar-refractivity contribution in [2.75, 3.05) is 0 Å². The van der Waals surface area contributed by atoms with E-state index in [1.54, 1.807) is 13.0 Å². The number of hydrogen-bond donors (Lipinski definition) is 0. The van der Waals surface area contributed by atoms with Crippen molar-refractivity contribution in [3.63, 3.8) is 0 Å². The molecular weight excluding hydrogens is 455 g/mol. The Morgan fingerprint density at radius 2 is 1.81 bits per heavy atom. The average Bonchev–Trinajstić information content (AvgIpc) is 3.07. The second-order valence-corrected chi connectivity index (χ2v) is 9.13. The normalized spacial score (nSPS) is 12.0. The summed E-state index contributed by atoms with van der Waals surface area (Å²) >= 11 is 1.07. The molecule has 0 N–H and O–H groups in total. The third-order valence-corrected chi connectivity index (χ3v) is 6.52. The SMILES string of the molecule is Cc1cc(-n2ccc(OS(=O)(=O)C(F)(F)F)cc2=O)sc1C(=O)CCc1ccccc1. The summed E-state index contributed by atoms with van der Waals surface area (Å²) in [5, 5.41) is 0.371. The minimum Gasteiger partial charge on any atom is -0.376 e. The summed E-state index contributed by atoms with van der Waals surface area (Å²) in [6, 6.07) is 12.7. The Balaban J connectivity index is 1.79. The molecule has 0 saturated carbocycles. The van der Waals surface area contributed by atoms with Gasteiger partial charge in [-0.05, 0) is 36.6 Å². The van der Waals surface area contributed by atoms with Crippen LogP contribution in [0, 0.1) is 6.92 Å². The van der Waals surface area contributed by atoms with Crippen LogP contribution in [0.3, 0.4) is 0 Å². The number of ketones is 1. The van der Waals surface area contributed by atoms with E-state index in [9.17, 15) is 31.2 Å². The van der Waals surface area contributed by atoms with Crippen molar-refractivity contribution in [3.8, 4) is 10.8 Å². The number of alkyl halides is 3. The molecule has 0 bridgehead atoms. The van der Waals surface area contributed by atoms with E-state index in [1.165, 1.54) is 0 Å². The van der Waals surface area contributed by atoms with E-state index in [0.717, 1.165) is 33.7 Å². The van der Waals surface area contributed by atoms with Gasteiger partial charge in [0.1, 0.15) is 10.8 Å². The Bertz CT molecular complexity index is 1260. The Morgan fingerprint density at radius 1 is 1.13 bits per heavy atom.